The normalized spacial score (nSPS) is 21.6. The molecule has 2 unspecified atom stereocenters. The van der Waals surface area contributed by atoms with Crippen LogP contribution in [0.25, 0.3) is 0 Å². The van der Waals surface area contributed by atoms with E-state index in [-0.39, 0.29) is 11.3 Å². The molecule has 1 heterocycles. The number of carbonyl (C=O) groups is 2. The van der Waals surface area contributed by atoms with Crippen LogP contribution in [0.3, 0.4) is 0 Å². The number of rotatable bonds is 4. The lowest BCUT2D eigenvalue weighted by Gasteiger charge is -2.27. The lowest BCUT2D eigenvalue weighted by molar-refractivity contribution is -0.141. The second-order valence-electron chi connectivity index (χ2n) is 5.11. The third-order valence-corrected chi connectivity index (χ3v) is 5.33. The third-order valence-electron chi connectivity index (χ3n) is 3.55. The summed E-state index contributed by atoms with van der Waals surface area (Å²) in [6.07, 6.45) is 1.71. The molecule has 21 heavy (non-hydrogen) atoms. The summed E-state index contributed by atoms with van der Waals surface area (Å²) in [5.74, 6) is -0.732. The highest BCUT2D eigenvalue weighted by Crippen LogP contribution is 2.34. The molecule has 0 bridgehead atoms. The number of aryl methyl sites for hydroxylation is 1. The number of nitrogens with zero attached hydrogens (tertiary/aromatic N) is 1. The van der Waals surface area contributed by atoms with E-state index < -0.39 is 12.0 Å². The van der Waals surface area contributed by atoms with Crippen LogP contribution in [0.2, 0.25) is 5.02 Å². The molecule has 2 atom stereocenters. The van der Waals surface area contributed by atoms with Gasteiger partial charge in [0, 0.05) is 16.3 Å². The van der Waals surface area contributed by atoms with E-state index in [2.05, 4.69) is 0 Å². The number of carbonyl (C=O) groups excluding carboxylic acids is 1. The summed E-state index contributed by atoms with van der Waals surface area (Å²) in [7, 11) is 0. The number of hydrogen-bond acceptors (Lipinski definition) is 3. The first-order valence-electron chi connectivity index (χ1n) is 6.89. The Bertz CT molecular complexity index is 564. The SMILES string of the molecule is CCCC1SCC(C(=O)O)N1C(=O)c1ccc(Cl)c(C)c1. The molecule has 0 spiro atoms. The highest BCUT2D eigenvalue weighted by molar-refractivity contribution is 8.00. The van der Waals surface area contributed by atoms with Gasteiger partial charge in [0.05, 0.1) is 5.37 Å². The first kappa shape index (κ1) is 16.2. The number of benzene rings is 1. The Balaban J connectivity index is 2.31. The third kappa shape index (κ3) is 3.35. The number of amides is 1. The van der Waals surface area contributed by atoms with Crippen LogP contribution >= 0.6 is 23.4 Å². The minimum absolute atomic E-state index is 0.0698. The van der Waals surface area contributed by atoms with Crippen molar-refractivity contribution < 1.29 is 14.7 Å². The lowest BCUT2D eigenvalue weighted by atomic mass is 10.1. The van der Waals surface area contributed by atoms with Gasteiger partial charge in [0.15, 0.2) is 0 Å². The predicted octanol–water partition coefficient (Wildman–Crippen LogP) is 3.42. The van der Waals surface area contributed by atoms with Gasteiger partial charge in [-0.1, -0.05) is 24.9 Å². The minimum Gasteiger partial charge on any atom is -0.480 e. The number of hydrogen-bond donors (Lipinski definition) is 1. The molecule has 1 saturated heterocycles. The van der Waals surface area contributed by atoms with E-state index in [1.807, 2.05) is 13.8 Å². The van der Waals surface area contributed by atoms with Crippen LogP contribution in [0.15, 0.2) is 18.2 Å². The van der Waals surface area contributed by atoms with E-state index in [1.165, 1.54) is 4.90 Å². The van der Waals surface area contributed by atoms with Crippen LogP contribution in [0.5, 0.6) is 0 Å². The number of aliphatic carboxylic acids is 1. The van der Waals surface area contributed by atoms with Gasteiger partial charge in [0.2, 0.25) is 0 Å². The highest BCUT2D eigenvalue weighted by Gasteiger charge is 2.41. The summed E-state index contributed by atoms with van der Waals surface area (Å²) < 4.78 is 0. The molecular formula is C15H18ClNO3S. The van der Waals surface area contributed by atoms with Crippen molar-refractivity contribution in [2.24, 2.45) is 0 Å². The second kappa shape index (κ2) is 6.71. The molecule has 1 fully saturated rings. The average molecular weight is 328 g/mol. The molecule has 6 heteroatoms. The molecule has 1 amide bonds. The van der Waals surface area contributed by atoms with Crippen LogP contribution in [-0.4, -0.2) is 39.1 Å². The molecule has 1 aliphatic heterocycles. The average Bonchev–Trinajstić information content (AvgIpc) is 2.85. The van der Waals surface area contributed by atoms with Gasteiger partial charge in [-0.2, -0.15) is 0 Å². The molecular weight excluding hydrogens is 310 g/mol. The van der Waals surface area contributed by atoms with E-state index in [1.54, 1.807) is 30.0 Å². The van der Waals surface area contributed by atoms with E-state index in [0.717, 1.165) is 18.4 Å². The number of halogens is 1. The van der Waals surface area contributed by atoms with Crippen molar-refractivity contribution in [1.29, 1.82) is 0 Å². The second-order valence-corrected chi connectivity index (χ2v) is 6.73. The van der Waals surface area contributed by atoms with Gasteiger partial charge in [-0.3, -0.25) is 4.79 Å². The molecule has 1 aliphatic rings. The largest absolute Gasteiger partial charge is 0.480 e. The zero-order valence-electron chi connectivity index (χ0n) is 12.0. The maximum Gasteiger partial charge on any atom is 0.327 e. The Morgan fingerprint density at radius 1 is 1.48 bits per heavy atom. The van der Waals surface area contributed by atoms with Crippen molar-refractivity contribution in [2.75, 3.05) is 5.75 Å². The van der Waals surface area contributed by atoms with E-state index >= 15 is 0 Å². The van der Waals surface area contributed by atoms with Crippen LogP contribution in [0, 0.1) is 6.92 Å². The number of thioether (sulfide) groups is 1. The Hall–Kier alpha value is -1.20. The molecule has 1 aromatic rings. The summed E-state index contributed by atoms with van der Waals surface area (Å²) in [5.41, 5.74) is 1.31. The van der Waals surface area contributed by atoms with Gasteiger partial charge >= 0.3 is 5.97 Å². The summed E-state index contributed by atoms with van der Waals surface area (Å²) >= 11 is 7.52. The molecule has 1 N–H and O–H groups in total. The van der Waals surface area contributed by atoms with Gasteiger partial charge in [0.25, 0.3) is 5.91 Å². The van der Waals surface area contributed by atoms with Crippen LogP contribution < -0.4 is 0 Å². The van der Waals surface area contributed by atoms with Crippen LogP contribution in [0.1, 0.15) is 35.7 Å². The zero-order valence-corrected chi connectivity index (χ0v) is 13.6. The standard InChI is InChI=1S/C15H18ClNO3S/c1-3-4-13-17(12(8-21-13)15(19)20)14(18)10-5-6-11(16)9(2)7-10/h5-7,12-13H,3-4,8H2,1-2H3,(H,19,20). The van der Waals surface area contributed by atoms with Crippen molar-refractivity contribution in [3.8, 4) is 0 Å². The topological polar surface area (TPSA) is 57.6 Å². The Kier molecular flexibility index (Phi) is 5.17. The first-order valence-corrected chi connectivity index (χ1v) is 8.31. The summed E-state index contributed by atoms with van der Waals surface area (Å²) in [6.45, 7) is 3.86. The van der Waals surface area contributed by atoms with Crippen LogP contribution in [0.4, 0.5) is 0 Å². The molecule has 0 aromatic heterocycles. The van der Waals surface area contributed by atoms with Crippen molar-refractivity contribution in [3.63, 3.8) is 0 Å². The zero-order chi connectivity index (χ0) is 15.6. The Morgan fingerprint density at radius 3 is 2.76 bits per heavy atom. The molecule has 2 rings (SSSR count). The maximum absolute atomic E-state index is 12.7. The van der Waals surface area contributed by atoms with E-state index in [4.69, 9.17) is 11.6 Å². The minimum atomic E-state index is -0.944. The van der Waals surface area contributed by atoms with Crippen molar-refractivity contribution >= 4 is 35.2 Å². The monoisotopic (exact) mass is 327 g/mol. The van der Waals surface area contributed by atoms with Gasteiger partial charge in [0.1, 0.15) is 6.04 Å². The summed E-state index contributed by atoms with van der Waals surface area (Å²) in [5, 5.41) is 9.87. The maximum atomic E-state index is 12.7. The summed E-state index contributed by atoms with van der Waals surface area (Å²) in [4.78, 5) is 25.6. The quantitative estimate of drug-likeness (QED) is 0.920. The molecule has 114 valence electrons. The Morgan fingerprint density at radius 2 is 2.19 bits per heavy atom. The number of carboxylic acids is 1. The van der Waals surface area contributed by atoms with Gasteiger partial charge in [-0.15, -0.1) is 11.8 Å². The van der Waals surface area contributed by atoms with Crippen molar-refractivity contribution in [1.82, 2.24) is 4.90 Å². The van der Waals surface area contributed by atoms with E-state index in [0.29, 0.717) is 16.3 Å². The van der Waals surface area contributed by atoms with E-state index in [9.17, 15) is 14.7 Å². The first-order chi connectivity index (χ1) is 9.95. The lowest BCUT2D eigenvalue weighted by Crippen LogP contribution is -2.45. The summed E-state index contributed by atoms with van der Waals surface area (Å²) in [6, 6.07) is 4.30. The fraction of sp³-hybridized carbons (Fsp3) is 0.467. The molecule has 0 radical (unpaired) electrons. The Labute approximate surface area is 133 Å². The van der Waals surface area contributed by atoms with Gasteiger partial charge in [-0.05, 0) is 37.1 Å². The molecule has 1 aromatic carbocycles. The molecule has 4 nitrogen and oxygen atoms in total. The number of carboxylic acid groups (broad SMARTS) is 1. The van der Waals surface area contributed by atoms with Crippen molar-refractivity contribution in [3.05, 3.63) is 34.3 Å². The predicted molar refractivity (Wildman–Crippen MR) is 84.9 cm³/mol. The van der Waals surface area contributed by atoms with Gasteiger partial charge in [-0.25, -0.2) is 4.79 Å². The fourth-order valence-corrected chi connectivity index (χ4v) is 4.05. The van der Waals surface area contributed by atoms with Crippen molar-refractivity contribution in [2.45, 2.75) is 38.1 Å². The van der Waals surface area contributed by atoms with Gasteiger partial charge < -0.3 is 10.0 Å². The van der Waals surface area contributed by atoms with Crippen LogP contribution in [-0.2, 0) is 4.79 Å². The molecule has 0 saturated carbocycles. The highest BCUT2D eigenvalue weighted by atomic mass is 35.5. The fourth-order valence-electron chi connectivity index (χ4n) is 2.42. The smallest absolute Gasteiger partial charge is 0.327 e. The molecule has 0 aliphatic carbocycles.